The third-order valence-corrected chi connectivity index (χ3v) is 3.97. The van der Waals surface area contributed by atoms with Gasteiger partial charge in [0.2, 0.25) is 5.91 Å². The van der Waals surface area contributed by atoms with Crippen LogP contribution in [0.4, 0.5) is 20.2 Å². The second-order valence-electron chi connectivity index (χ2n) is 6.00. The molecule has 2 rings (SSSR count). The lowest BCUT2D eigenvalue weighted by Crippen LogP contribution is -2.30. The second-order valence-corrected chi connectivity index (χ2v) is 6.44. The molecule has 0 aromatic heterocycles. The number of hydrogen-bond acceptors (Lipinski definition) is 6. The van der Waals surface area contributed by atoms with Crippen molar-refractivity contribution in [3.8, 4) is 11.5 Å². The van der Waals surface area contributed by atoms with Gasteiger partial charge in [0.1, 0.15) is 5.69 Å². The minimum atomic E-state index is -2.98. The van der Waals surface area contributed by atoms with E-state index in [9.17, 15) is 23.7 Å². The van der Waals surface area contributed by atoms with Gasteiger partial charge < -0.3 is 14.8 Å². The van der Waals surface area contributed by atoms with Crippen molar-refractivity contribution in [3.05, 3.63) is 57.1 Å². The predicted molar refractivity (Wildman–Crippen MR) is 103 cm³/mol. The summed E-state index contributed by atoms with van der Waals surface area (Å²) in [5.41, 5.74) is 0.410. The first kappa shape index (κ1) is 22.3. The second kappa shape index (κ2) is 9.99. The maximum Gasteiger partial charge on any atom is 0.387 e. The van der Waals surface area contributed by atoms with Crippen LogP contribution < -0.4 is 14.8 Å². The van der Waals surface area contributed by atoms with Crippen LogP contribution in [-0.4, -0.2) is 43.0 Å². The summed E-state index contributed by atoms with van der Waals surface area (Å²) in [4.78, 5) is 24.3. The molecule has 0 aliphatic carbocycles. The number of ether oxygens (including phenoxy) is 2. The summed E-state index contributed by atoms with van der Waals surface area (Å²) in [7, 11) is 2.98. The molecule has 0 bridgehead atoms. The number of likely N-dealkylation sites (N-methyl/N-ethyl adjacent to an activating group) is 1. The van der Waals surface area contributed by atoms with E-state index in [0.29, 0.717) is 5.56 Å². The van der Waals surface area contributed by atoms with Crippen molar-refractivity contribution in [1.82, 2.24) is 4.90 Å². The fraction of sp³-hybridized carbons (Fsp3) is 0.278. The Hall–Kier alpha value is -2.98. The van der Waals surface area contributed by atoms with Crippen LogP contribution in [0.25, 0.3) is 0 Å². The molecular weight excluding hydrogens is 412 g/mol. The summed E-state index contributed by atoms with van der Waals surface area (Å²) in [5.74, 6) is -0.447. The average molecular weight is 430 g/mol. The molecule has 0 unspecified atom stereocenters. The van der Waals surface area contributed by atoms with E-state index >= 15 is 0 Å². The van der Waals surface area contributed by atoms with Crippen LogP contribution in [0.3, 0.4) is 0 Å². The van der Waals surface area contributed by atoms with Crippen molar-refractivity contribution in [1.29, 1.82) is 0 Å². The first-order chi connectivity index (χ1) is 13.7. The standard InChI is InChI=1S/C18H18ClF2N3O5/c1-23(9-11-3-6-15(29-18(20)21)16(7-11)28-2)10-17(25)22-13-8-12(19)4-5-14(13)24(26)27/h3-8,18H,9-10H2,1-2H3,(H,22,25). The molecule has 2 aromatic carbocycles. The Kier molecular flexibility index (Phi) is 7.68. The van der Waals surface area contributed by atoms with Crippen molar-refractivity contribution in [2.24, 2.45) is 0 Å². The van der Waals surface area contributed by atoms with Crippen molar-refractivity contribution in [3.63, 3.8) is 0 Å². The Bertz CT molecular complexity index is 898. The van der Waals surface area contributed by atoms with Crippen molar-refractivity contribution in [2.45, 2.75) is 13.2 Å². The van der Waals surface area contributed by atoms with Crippen molar-refractivity contribution < 1.29 is 28.0 Å². The Morgan fingerprint density at radius 1 is 1.28 bits per heavy atom. The maximum absolute atomic E-state index is 12.4. The average Bonchev–Trinajstić information content (AvgIpc) is 2.62. The van der Waals surface area contributed by atoms with Gasteiger partial charge in [-0.15, -0.1) is 0 Å². The summed E-state index contributed by atoms with van der Waals surface area (Å²) in [6.45, 7) is -2.77. The number of methoxy groups -OCH3 is 1. The number of nitrogens with one attached hydrogen (secondary N) is 1. The Balaban J connectivity index is 2.02. The quantitative estimate of drug-likeness (QED) is 0.479. The number of carbonyl (C=O) groups excluding carboxylic acids is 1. The van der Waals surface area contributed by atoms with Gasteiger partial charge in [0.15, 0.2) is 11.5 Å². The minimum Gasteiger partial charge on any atom is -0.493 e. The van der Waals surface area contributed by atoms with E-state index < -0.39 is 17.4 Å². The van der Waals surface area contributed by atoms with Crippen LogP contribution in [0.15, 0.2) is 36.4 Å². The van der Waals surface area contributed by atoms with Crippen molar-refractivity contribution >= 4 is 28.9 Å². The number of halogens is 3. The highest BCUT2D eigenvalue weighted by molar-refractivity contribution is 6.31. The molecule has 11 heteroatoms. The predicted octanol–water partition coefficient (Wildman–Crippen LogP) is 3.93. The van der Waals surface area contributed by atoms with Crippen LogP contribution in [0.2, 0.25) is 5.02 Å². The fourth-order valence-corrected chi connectivity index (χ4v) is 2.75. The monoisotopic (exact) mass is 429 g/mol. The van der Waals surface area contributed by atoms with E-state index in [4.69, 9.17) is 16.3 Å². The zero-order valence-electron chi connectivity index (χ0n) is 15.5. The zero-order chi connectivity index (χ0) is 21.6. The van der Waals surface area contributed by atoms with Gasteiger partial charge in [-0.1, -0.05) is 17.7 Å². The normalized spacial score (nSPS) is 10.9. The number of anilines is 1. The largest absolute Gasteiger partial charge is 0.493 e. The third-order valence-electron chi connectivity index (χ3n) is 3.74. The summed E-state index contributed by atoms with van der Waals surface area (Å²) >= 11 is 5.84. The van der Waals surface area contributed by atoms with Crippen LogP contribution in [0.1, 0.15) is 5.56 Å². The van der Waals surface area contributed by atoms with Crippen LogP contribution in [-0.2, 0) is 11.3 Å². The lowest BCUT2D eigenvalue weighted by atomic mass is 10.2. The summed E-state index contributed by atoms with van der Waals surface area (Å²) in [6.07, 6.45) is 0. The lowest BCUT2D eigenvalue weighted by Gasteiger charge is -2.18. The first-order valence-corrected chi connectivity index (χ1v) is 8.61. The molecule has 1 amide bonds. The molecular formula is C18H18ClF2N3O5. The van der Waals surface area contributed by atoms with E-state index in [1.54, 1.807) is 18.0 Å². The summed E-state index contributed by atoms with van der Waals surface area (Å²) < 4.78 is 34.2. The summed E-state index contributed by atoms with van der Waals surface area (Å²) in [5, 5.41) is 13.8. The molecule has 0 aliphatic heterocycles. The molecule has 2 aromatic rings. The number of benzene rings is 2. The van der Waals surface area contributed by atoms with Gasteiger partial charge in [0.05, 0.1) is 18.6 Å². The molecule has 1 N–H and O–H groups in total. The third kappa shape index (κ3) is 6.54. The number of hydrogen-bond donors (Lipinski definition) is 1. The fourth-order valence-electron chi connectivity index (χ4n) is 2.57. The number of alkyl halides is 2. The van der Waals surface area contributed by atoms with Crippen LogP contribution in [0, 0.1) is 10.1 Å². The number of rotatable bonds is 9. The van der Waals surface area contributed by atoms with Gasteiger partial charge in [0, 0.05) is 17.6 Å². The van der Waals surface area contributed by atoms with E-state index in [1.807, 2.05) is 0 Å². The first-order valence-electron chi connectivity index (χ1n) is 8.23. The van der Waals surface area contributed by atoms with Gasteiger partial charge in [0.25, 0.3) is 5.69 Å². The molecule has 0 atom stereocenters. The molecule has 0 heterocycles. The maximum atomic E-state index is 12.4. The van der Waals surface area contributed by atoms with E-state index in [-0.39, 0.29) is 41.0 Å². The molecule has 29 heavy (non-hydrogen) atoms. The number of nitro benzene ring substituents is 1. The molecule has 0 saturated heterocycles. The topological polar surface area (TPSA) is 93.9 Å². The van der Waals surface area contributed by atoms with Crippen molar-refractivity contribution in [2.75, 3.05) is 26.0 Å². The smallest absolute Gasteiger partial charge is 0.387 e. The van der Waals surface area contributed by atoms with Gasteiger partial charge in [-0.2, -0.15) is 8.78 Å². The minimum absolute atomic E-state index is 0.00364. The van der Waals surface area contributed by atoms with E-state index in [0.717, 1.165) is 0 Å². The Labute approximate surface area is 170 Å². The van der Waals surface area contributed by atoms with Gasteiger partial charge in [-0.25, -0.2) is 0 Å². The number of carbonyl (C=O) groups is 1. The van der Waals surface area contributed by atoms with Crippen LogP contribution in [0.5, 0.6) is 11.5 Å². The number of nitrogens with zero attached hydrogens (tertiary/aromatic N) is 2. The highest BCUT2D eigenvalue weighted by atomic mass is 35.5. The molecule has 8 nitrogen and oxygen atoms in total. The van der Waals surface area contributed by atoms with Gasteiger partial charge in [-0.3, -0.25) is 19.8 Å². The highest BCUT2D eigenvalue weighted by Gasteiger charge is 2.18. The van der Waals surface area contributed by atoms with Gasteiger partial charge >= 0.3 is 6.61 Å². The molecule has 0 fully saturated rings. The zero-order valence-corrected chi connectivity index (χ0v) is 16.3. The van der Waals surface area contributed by atoms with Crippen LogP contribution >= 0.6 is 11.6 Å². The Morgan fingerprint density at radius 2 is 2.00 bits per heavy atom. The summed E-state index contributed by atoms with van der Waals surface area (Å²) in [6, 6.07) is 8.30. The SMILES string of the molecule is COc1cc(CN(C)CC(=O)Nc2cc(Cl)ccc2[N+](=O)[O-])ccc1OC(F)F. The molecule has 0 spiro atoms. The number of amides is 1. The molecule has 0 saturated carbocycles. The number of nitro groups is 1. The molecule has 0 radical (unpaired) electrons. The lowest BCUT2D eigenvalue weighted by molar-refractivity contribution is -0.383. The highest BCUT2D eigenvalue weighted by Crippen LogP contribution is 2.30. The van der Waals surface area contributed by atoms with E-state index in [2.05, 4.69) is 10.1 Å². The molecule has 0 aliphatic rings. The molecule has 156 valence electrons. The van der Waals surface area contributed by atoms with E-state index in [1.165, 1.54) is 37.4 Å². The Morgan fingerprint density at radius 3 is 2.62 bits per heavy atom. The van der Waals surface area contributed by atoms with Gasteiger partial charge in [-0.05, 0) is 36.9 Å².